The molecule has 168 valence electrons. The zero-order chi connectivity index (χ0) is 23.3. The first-order chi connectivity index (χ1) is 15.9. The van der Waals surface area contributed by atoms with E-state index in [4.69, 9.17) is 36.9 Å². The van der Waals surface area contributed by atoms with Crippen molar-refractivity contribution in [3.63, 3.8) is 0 Å². The van der Waals surface area contributed by atoms with E-state index in [9.17, 15) is 9.59 Å². The van der Waals surface area contributed by atoms with Gasteiger partial charge in [0.1, 0.15) is 11.5 Å². The first kappa shape index (κ1) is 21.6. The Morgan fingerprint density at radius 1 is 1.15 bits per heavy atom. The van der Waals surface area contributed by atoms with E-state index in [-0.39, 0.29) is 33.1 Å². The summed E-state index contributed by atoms with van der Waals surface area (Å²) in [7, 11) is 0. The maximum absolute atomic E-state index is 13.7. The number of carbonyl (C=O) groups excluding carboxylic acids is 1. The molecule has 33 heavy (non-hydrogen) atoms. The number of hydrogen-bond acceptors (Lipinski definition) is 6. The van der Waals surface area contributed by atoms with Crippen molar-refractivity contribution in [2.24, 2.45) is 0 Å². The molecule has 0 radical (unpaired) electrons. The van der Waals surface area contributed by atoms with E-state index in [1.807, 2.05) is 25.1 Å². The monoisotopic (exact) mass is 484 g/mol. The van der Waals surface area contributed by atoms with Crippen LogP contribution in [-0.2, 0) is 0 Å². The summed E-state index contributed by atoms with van der Waals surface area (Å²) in [5.41, 5.74) is 0.557. The quantitative estimate of drug-likeness (QED) is 0.348. The first-order valence-electron chi connectivity index (χ1n) is 10.3. The van der Waals surface area contributed by atoms with Gasteiger partial charge in [0, 0.05) is 11.1 Å². The zero-order valence-corrected chi connectivity index (χ0v) is 19.2. The Morgan fingerprint density at radius 2 is 1.97 bits per heavy atom. The fourth-order valence-corrected chi connectivity index (χ4v) is 4.55. The van der Waals surface area contributed by atoms with Crippen molar-refractivity contribution in [1.29, 1.82) is 0 Å². The van der Waals surface area contributed by atoms with Crippen molar-refractivity contribution in [3.05, 3.63) is 85.4 Å². The van der Waals surface area contributed by atoms with Gasteiger partial charge in [0.2, 0.25) is 5.76 Å². The minimum Gasteiger partial charge on any atom is -0.494 e. The summed E-state index contributed by atoms with van der Waals surface area (Å²) in [5.74, 6) is 0.798. The van der Waals surface area contributed by atoms with Gasteiger partial charge in [0.15, 0.2) is 16.8 Å². The molecule has 1 atom stereocenters. The smallest absolute Gasteiger partial charge is 0.296 e. The lowest BCUT2D eigenvalue weighted by Gasteiger charge is -2.22. The maximum atomic E-state index is 13.7. The van der Waals surface area contributed by atoms with Crippen molar-refractivity contribution >= 4 is 45.9 Å². The molecule has 0 fully saturated rings. The second kappa shape index (κ2) is 8.24. The highest BCUT2D eigenvalue weighted by Gasteiger charge is 2.45. The second-order valence-electron chi connectivity index (χ2n) is 7.73. The van der Waals surface area contributed by atoms with Gasteiger partial charge in [-0.1, -0.05) is 47.4 Å². The van der Waals surface area contributed by atoms with Crippen LogP contribution in [0.5, 0.6) is 5.75 Å². The van der Waals surface area contributed by atoms with Crippen LogP contribution < -0.4 is 15.1 Å². The summed E-state index contributed by atoms with van der Waals surface area (Å²) in [6.45, 7) is 4.27. The molecule has 1 aliphatic heterocycles. The van der Waals surface area contributed by atoms with Crippen LogP contribution in [-0.4, -0.2) is 17.7 Å². The third-order valence-electron chi connectivity index (χ3n) is 5.40. The molecule has 0 unspecified atom stereocenters. The predicted molar refractivity (Wildman–Crippen MR) is 125 cm³/mol. The molecular formula is C24H18Cl2N2O5. The molecule has 0 saturated heterocycles. The Balaban J connectivity index is 1.78. The van der Waals surface area contributed by atoms with Crippen molar-refractivity contribution in [3.8, 4) is 5.75 Å². The summed E-state index contributed by atoms with van der Waals surface area (Å²) < 4.78 is 16.9. The number of anilines is 1. The third kappa shape index (κ3) is 3.57. The molecule has 0 spiro atoms. The van der Waals surface area contributed by atoms with E-state index < -0.39 is 17.4 Å². The van der Waals surface area contributed by atoms with Gasteiger partial charge < -0.3 is 13.7 Å². The average Bonchev–Trinajstić information content (AvgIpc) is 3.34. The fraction of sp³-hybridized carbons (Fsp3) is 0.208. The molecule has 2 aromatic carbocycles. The van der Waals surface area contributed by atoms with Crippen LogP contribution in [0, 0.1) is 6.92 Å². The Hall–Kier alpha value is -3.29. The molecule has 0 aliphatic carbocycles. The molecule has 9 heteroatoms. The molecule has 7 nitrogen and oxygen atoms in total. The van der Waals surface area contributed by atoms with Crippen LogP contribution >= 0.6 is 23.2 Å². The lowest BCUT2D eigenvalue weighted by Crippen LogP contribution is -2.29. The van der Waals surface area contributed by atoms with E-state index in [1.54, 1.807) is 19.1 Å². The van der Waals surface area contributed by atoms with Crippen molar-refractivity contribution in [1.82, 2.24) is 5.16 Å². The third-order valence-corrected chi connectivity index (χ3v) is 5.90. The van der Waals surface area contributed by atoms with Gasteiger partial charge >= 0.3 is 0 Å². The van der Waals surface area contributed by atoms with Gasteiger partial charge in [-0.05, 0) is 43.2 Å². The molecule has 5 rings (SSSR count). The summed E-state index contributed by atoms with van der Waals surface area (Å²) in [5, 5.41) is 4.65. The van der Waals surface area contributed by atoms with Crippen LogP contribution in [0.25, 0.3) is 11.0 Å². The Kier molecular flexibility index (Phi) is 5.38. The Morgan fingerprint density at radius 3 is 2.70 bits per heavy atom. The summed E-state index contributed by atoms with van der Waals surface area (Å²) >= 11 is 12.4. The molecule has 0 N–H and O–H groups in total. The number of ether oxygens (including phenoxy) is 1. The molecule has 2 aromatic heterocycles. The fourth-order valence-electron chi connectivity index (χ4n) is 4.01. The van der Waals surface area contributed by atoms with E-state index in [1.165, 1.54) is 17.0 Å². The Bertz CT molecular complexity index is 1460. The standard InChI is InChI=1S/C24H18Cl2N2O5/c1-3-7-31-15-6-4-5-13(9-15)20-19-21(29)16-10-14(25)11-17(26)22(16)32-23(19)24(30)28(20)18-8-12(2)33-27-18/h4-6,8-11,20H,3,7H2,1-2H3/t20-/m1/s1. The number of hydrogen-bond donors (Lipinski definition) is 0. The number of benzene rings is 2. The number of carbonyl (C=O) groups is 1. The zero-order valence-electron chi connectivity index (χ0n) is 17.7. The summed E-state index contributed by atoms with van der Waals surface area (Å²) in [6, 6.07) is 11.0. The predicted octanol–water partition coefficient (Wildman–Crippen LogP) is 5.93. The first-order valence-corrected chi connectivity index (χ1v) is 11.1. The second-order valence-corrected chi connectivity index (χ2v) is 8.58. The van der Waals surface area contributed by atoms with Gasteiger partial charge in [-0.2, -0.15) is 0 Å². The van der Waals surface area contributed by atoms with Crippen molar-refractivity contribution in [2.45, 2.75) is 26.3 Å². The van der Waals surface area contributed by atoms with Crippen LogP contribution in [0.4, 0.5) is 5.82 Å². The average molecular weight is 485 g/mol. The van der Waals surface area contributed by atoms with Crippen LogP contribution in [0.2, 0.25) is 10.0 Å². The van der Waals surface area contributed by atoms with E-state index in [0.29, 0.717) is 28.7 Å². The number of fused-ring (bicyclic) bond motifs is 2. The van der Waals surface area contributed by atoms with E-state index >= 15 is 0 Å². The number of amides is 1. The van der Waals surface area contributed by atoms with Crippen molar-refractivity contribution < 1.29 is 18.5 Å². The van der Waals surface area contributed by atoms with E-state index in [2.05, 4.69) is 5.16 Å². The molecule has 0 saturated carbocycles. The highest BCUT2D eigenvalue weighted by atomic mass is 35.5. The number of nitrogens with zero attached hydrogens (tertiary/aromatic N) is 2. The van der Waals surface area contributed by atoms with Crippen LogP contribution in [0.1, 0.15) is 46.8 Å². The minimum absolute atomic E-state index is 0.0951. The minimum atomic E-state index is -0.805. The lowest BCUT2D eigenvalue weighted by atomic mass is 9.98. The molecule has 3 heterocycles. The van der Waals surface area contributed by atoms with Crippen LogP contribution in [0.15, 0.2) is 56.2 Å². The van der Waals surface area contributed by atoms with E-state index in [0.717, 1.165) is 6.42 Å². The number of aromatic nitrogens is 1. The number of rotatable bonds is 5. The number of halogens is 2. The van der Waals surface area contributed by atoms with Crippen molar-refractivity contribution in [2.75, 3.05) is 11.5 Å². The Labute approximate surface area is 198 Å². The van der Waals surface area contributed by atoms with Gasteiger partial charge in [-0.15, -0.1) is 0 Å². The van der Waals surface area contributed by atoms with Gasteiger partial charge in [0.05, 0.1) is 28.6 Å². The summed E-state index contributed by atoms with van der Waals surface area (Å²) in [4.78, 5) is 28.6. The number of aryl methyl sites for hydroxylation is 1. The largest absolute Gasteiger partial charge is 0.494 e. The van der Waals surface area contributed by atoms with Crippen LogP contribution in [0.3, 0.4) is 0 Å². The summed E-state index contributed by atoms with van der Waals surface area (Å²) in [6.07, 6.45) is 0.844. The highest BCUT2D eigenvalue weighted by molar-refractivity contribution is 6.38. The molecule has 1 aliphatic rings. The lowest BCUT2D eigenvalue weighted by molar-refractivity contribution is 0.0969. The molecule has 0 bridgehead atoms. The highest BCUT2D eigenvalue weighted by Crippen LogP contribution is 2.42. The van der Waals surface area contributed by atoms with Gasteiger partial charge in [0.25, 0.3) is 5.91 Å². The molecule has 4 aromatic rings. The normalized spacial score (nSPS) is 15.3. The molecular weight excluding hydrogens is 467 g/mol. The van der Waals surface area contributed by atoms with Gasteiger partial charge in [-0.3, -0.25) is 14.5 Å². The molecule has 1 amide bonds. The topological polar surface area (TPSA) is 85.8 Å². The maximum Gasteiger partial charge on any atom is 0.296 e. The van der Waals surface area contributed by atoms with Gasteiger partial charge in [-0.25, -0.2) is 0 Å². The SMILES string of the molecule is CCCOc1cccc([C@@H]2c3c(oc4c(Cl)cc(Cl)cc4c3=O)C(=O)N2c2cc(C)on2)c1.